The third-order valence-corrected chi connectivity index (χ3v) is 6.24. The second-order valence-electron chi connectivity index (χ2n) is 8.51. The van der Waals surface area contributed by atoms with Crippen LogP contribution in [0.25, 0.3) is 22.5 Å². The Bertz CT molecular complexity index is 1160. The summed E-state index contributed by atoms with van der Waals surface area (Å²) in [5.41, 5.74) is 5.33. The van der Waals surface area contributed by atoms with E-state index in [-0.39, 0.29) is 18.4 Å². The van der Waals surface area contributed by atoms with Gasteiger partial charge in [0.1, 0.15) is 5.75 Å². The Labute approximate surface area is 192 Å². The molecule has 5 rings (SSSR count). The Morgan fingerprint density at radius 1 is 1.06 bits per heavy atom. The van der Waals surface area contributed by atoms with E-state index in [0.29, 0.717) is 17.9 Å². The summed E-state index contributed by atoms with van der Waals surface area (Å²) in [7, 11) is 2.06. The van der Waals surface area contributed by atoms with E-state index in [2.05, 4.69) is 27.2 Å². The standard InChI is InChI=1S/C25H27N5O3/c1-29-10-12-30(13-11-29)24(31)16-33-19-4-2-17(3-5-19)22-14-18(6-8-26-22)23-15-20-21(28-23)7-9-27-25(20)32/h2-6,8,14-15,28H,7,9-13,16H2,1H3,(H,27,32). The molecule has 2 N–H and O–H groups in total. The maximum Gasteiger partial charge on any atom is 0.260 e. The molecule has 3 aromatic rings. The Kier molecular flexibility index (Phi) is 5.83. The van der Waals surface area contributed by atoms with E-state index in [1.165, 1.54) is 0 Å². The van der Waals surface area contributed by atoms with Crippen LogP contribution in [-0.2, 0) is 11.2 Å². The first-order valence-electron chi connectivity index (χ1n) is 11.2. The van der Waals surface area contributed by atoms with E-state index < -0.39 is 0 Å². The first-order valence-corrected chi connectivity index (χ1v) is 11.2. The molecule has 0 spiro atoms. The van der Waals surface area contributed by atoms with E-state index in [1.807, 2.05) is 47.4 Å². The van der Waals surface area contributed by atoms with Gasteiger partial charge in [-0.2, -0.15) is 0 Å². The molecule has 0 unspecified atom stereocenters. The number of aromatic amines is 1. The number of likely N-dealkylation sites (N-methyl/N-ethyl adjacent to an activating group) is 1. The minimum absolute atomic E-state index is 0.0175. The van der Waals surface area contributed by atoms with Crippen molar-refractivity contribution in [1.82, 2.24) is 25.1 Å². The number of nitrogens with one attached hydrogen (secondary N) is 2. The lowest BCUT2D eigenvalue weighted by molar-refractivity contribution is -0.134. The number of H-pyrrole nitrogens is 1. The fraction of sp³-hybridized carbons (Fsp3) is 0.320. The van der Waals surface area contributed by atoms with Crippen LogP contribution < -0.4 is 10.1 Å². The maximum absolute atomic E-state index is 12.4. The molecule has 1 fully saturated rings. The molecule has 0 bridgehead atoms. The number of carbonyl (C=O) groups excluding carboxylic acids is 2. The minimum atomic E-state index is -0.0327. The molecule has 0 atom stereocenters. The van der Waals surface area contributed by atoms with Crippen LogP contribution in [0.5, 0.6) is 5.75 Å². The zero-order valence-electron chi connectivity index (χ0n) is 18.6. The first-order chi connectivity index (χ1) is 16.1. The van der Waals surface area contributed by atoms with Gasteiger partial charge in [0.2, 0.25) is 0 Å². The van der Waals surface area contributed by atoms with Crippen LogP contribution in [0.1, 0.15) is 16.1 Å². The number of amides is 2. The summed E-state index contributed by atoms with van der Waals surface area (Å²) < 4.78 is 5.72. The molecule has 1 aromatic carbocycles. The van der Waals surface area contributed by atoms with Crippen molar-refractivity contribution in [3.63, 3.8) is 0 Å². The third kappa shape index (κ3) is 4.61. The third-order valence-electron chi connectivity index (χ3n) is 6.24. The number of nitrogens with zero attached hydrogens (tertiary/aromatic N) is 3. The van der Waals surface area contributed by atoms with Gasteiger partial charge in [0.05, 0.1) is 11.3 Å². The second kappa shape index (κ2) is 9.07. The molecule has 2 aromatic heterocycles. The molecule has 33 heavy (non-hydrogen) atoms. The van der Waals surface area contributed by atoms with Crippen molar-refractivity contribution in [1.29, 1.82) is 0 Å². The fourth-order valence-electron chi connectivity index (χ4n) is 4.22. The number of aromatic nitrogens is 2. The lowest BCUT2D eigenvalue weighted by Crippen LogP contribution is -2.48. The van der Waals surface area contributed by atoms with Gasteiger partial charge in [-0.05, 0) is 49.5 Å². The molecule has 1 saturated heterocycles. The van der Waals surface area contributed by atoms with Gasteiger partial charge in [0.25, 0.3) is 11.8 Å². The van der Waals surface area contributed by atoms with E-state index >= 15 is 0 Å². The van der Waals surface area contributed by atoms with Gasteiger partial charge in [-0.1, -0.05) is 0 Å². The second-order valence-corrected chi connectivity index (χ2v) is 8.51. The first kappa shape index (κ1) is 21.2. The van der Waals surface area contributed by atoms with Crippen LogP contribution in [-0.4, -0.2) is 78.0 Å². The van der Waals surface area contributed by atoms with Crippen molar-refractivity contribution in [2.45, 2.75) is 6.42 Å². The molecule has 0 saturated carbocycles. The molecule has 0 radical (unpaired) electrons. The Morgan fingerprint density at radius 3 is 2.61 bits per heavy atom. The molecular weight excluding hydrogens is 418 g/mol. The van der Waals surface area contributed by atoms with Crippen LogP contribution >= 0.6 is 0 Å². The number of fused-ring (bicyclic) bond motifs is 1. The van der Waals surface area contributed by atoms with E-state index in [1.54, 1.807) is 6.20 Å². The van der Waals surface area contributed by atoms with E-state index in [9.17, 15) is 9.59 Å². The number of benzene rings is 1. The molecule has 2 aliphatic heterocycles. The van der Waals surface area contributed by atoms with Crippen molar-refractivity contribution < 1.29 is 14.3 Å². The highest BCUT2D eigenvalue weighted by molar-refractivity contribution is 5.97. The summed E-state index contributed by atoms with van der Waals surface area (Å²) >= 11 is 0. The number of carbonyl (C=O) groups is 2. The lowest BCUT2D eigenvalue weighted by atomic mass is 10.1. The smallest absolute Gasteiger partial charge is 0.260 e. The minimum Gasteiger partial charge on any atom is -0.484 e. The van der Waals surface area contributed by atoms with Crippen molar-refractivity contribution in [2.75, 3.05) is 46.4 Å². The molecular formula is C25H27N5O3. The molecule has 8 nitrogen and oxygen atoms in total. The van der Waals surface area contributed by atoms with Crippen molar-refractivity contribution >= 4 is 11.8 Å². The van der Waals surface area contributed by atoms with E-state index in [0.717, 1.165) is 60.8 Å². The average Bonchev–Trinajstić information content (AvgIpc) is 3.29. The van der Waals surface area contributed by atoms with Crippen LogP contribution in [0.15, 0.2) is 48.7 Å². The summed E-state index contributed by atoms with van der Waals surface area (Å²) in [5, 5.41) is 2.87. The Hall–Kier alpha value is -3.65. The number of hydrogen-bond donors (Lipinski definition) is 2. The summed E-state index contributed by atoms with van der Waals surface area (Å²) in [6.45, 7) is 3.97. The highest BCUT2D eigenvalue weighted by Crippen LogP contribution is 2.28. The molecule has 0 aliphatic carbocycles. The number of hydrogen-bond acceptors (Lipinski definition) is 5. The number of rotatable bonds is 5. The zero-order chi connectivity index (χ0) is 22.8. The summed E-state index contributed by atoms with van der Waals surface area (Å²) in [4.78, 5) is 36.4. The van der Waals surface area contributed by atoms with Gasteiger partial charge in [0, 0.05) is 67.9 Å². The Balaban J connectivity index is 1.25. The highest BCUT2D eigenvalue weighted by atomic mass is 16.5. The van der Waals surface area contributed by atoms with Crippen LogP contribution in [0.2, 0.25) is 0 Å². The quantitative estimate of drug-likeness (QED) is 0.628. The van der Waals surface area contributed by atoms with Gasteiger partial charge in [-0.3, -0.25) is 14.6 Å². The molecule has 2 aliphatic rings. The zero-order valence-corrected chi connectivity index (χ0v) is 18.6. The van der Waals surface area contributed by atoms with Crippen molar-refractivity contribution in [2.24, 2.45) is 0 Å². The predicted octanol–water partition coefficient (Wildman–Crippen LogP) is 2.18. The van der Waals surface area contributed by atoms with Crippen molar-refractivity contribution in [3.8, 4) is 28.3 Å². The lowest BCUT2D eigenvalue weighted by Gasteiger charge is -2.32. The molecule has 2 amide bonds. The topological polar surface area (TPSA) is 90.6 Å². The highest BCUT2D eigenvalue weighted by Gasteiger charge is 2.21. The van der Waals surface area contributed by atoms with Crippen LogP contribution in [0, 0.1) is 0 Å². The summed E-state index contributed by atoms with van der Waals surface area (Å²) in [6, 6.07) is 13.4. The number of pyridine rings is 1. The van der Waals surface area contributed by atoms with Crippen molar-refractivity contribution in [3.05, 3.63) is 59.9 Å². The fourth-order valence-corrected chi connectivity index (χ4v) is 4.22. The predicted molar refractivity (Wildman–Crippen MR) is 125 cm³/mol. The van der Waals surface area contributed by atoms with Crippen LogP contribution in [0.4, 0.5) is 0 Å². The van der Waals surface area contributed by atoms with Gasteiger partial charge in [0.15, 0.2) is 6.61 Å². The SMILES string of the molecule is CN1CCN(C(=O)COc2ccc(-c3cc(-c4cc5c([nH]4)CCNC5=O)ccn3)cc2)CC1. The van der Waals surface area contributed by atoms with E-state index in [4.69, 9.17) is 4.74 Å². The van der Waals surface area contributed by atoms with Crippen LogP contribution in [0.3, 0.4) is 0 Å². The maximum atomic E-state index is 12.4. The summed E-state index contributed by atoms with van der Waals surface area (Å²) in [6.07, 6.45) is 2.57. The number of ether oxygens (including phenoxy) is 1. The summed E-state index contributed by atoms with van der Waals surface area (Å²) in [5.74, 6) is 0.638. The number of piperazine rings is 1. The molecule has 4 heterocycles. The normalized spacial score (nSPS) is 16.3. The molecule has 8 heteroatoms. The molecule has 170 valence electrons. The largest absolute Gasteiger partial charge is 0.484 e. The van der Waals surface area contributed by atoms with Gasteiger partial charge < -0.3 is 24.8 Å². The van der Waals surface area contributed by atoms with Gasteiger partial charge in [-0.15, -0.1) is 0 Å². The van der Waals surface area contributed by atoms with Gasteiger partial charge >= 0.3 is 0 Å². The van der Waals surface area contributed by atoms with Gasteiger partial charge in [-0.25, -0.2) is 0 Å². The Morgan fingerprint density at radius 2 is 1.85 bits per heavy atom. The monoisotopic (exact) mass is 445 g/mol. The average molecular weight is 446 g/mol.